The number of carbonyl (C=O) groups excluding carboxylic acids is 2. The summed E-state index contributed by atoms with van der Waals surface area (Å²) in [6.45, 7) is 5.79. The molecule has 1 aliphatic heterocycles. The fourth-order valence-corrected chi connectivity index (χ4v) is 3.79. The van der Waals surface area contributed by atoms with Crippen LogP contribution >= 0.6 is 0 Å². The van der Waals surface area contributed by atoms with Gasteiger partial charge in [-0.15, -0.1) is 6.58 Å². The van der Waals surface area contributed by atoms with Crippen LogP contribution in [0.4, 0.5) is 5.69 Å². The van der Waals surface area contributed by atoms with Crippen LogP contribution in [0.25, 0.3) is 0 Å². The van der Waals surface area contributed by atoms with E-state index in [1.54, 1.807) is 11.1 Å². The van der Waals surface area contributed by atoms with E-state index in [9.17, 15) is 9.59 Å². The lowest BCUT2D eigenvalue weighted by Crippen LogP contribution is -2.58. The summed E-state index contributed by atoms with van der Waals surface area (Å²) in [5.41, 5.74) is 0.876. The van der Waals surface area contributed by atoms with Gasteiger partial charge in [0.1, 0.15) is 12.1 Å². The highest BCUT2D eigenvalue weighted by molar-refractivity contribution is 6.02. The topological polar surface area (TPSA) is 65.1 Å². The van der Waals surface area contributed by atoms with Gasteiger partial charge in [0.25, 0.3) is 0 Å². The summed E-state index contributed by atoms with van der Waals surface area (Å²) in [5.74, 6) is -1.35. The van der Waals surface area contributed by atoms with Gasteiger partial charge < -0.3 is 9.47 Å². The Bertz CT molecular complexity index is 862. The first-order valence-electron chi connectivity index (χ1n) is 9.35. The lowest BCUT2D eigenvalue weighted by atomic mass is 9.71. The average Bonchev–Trinajstić information content (AvgIpc) is 2.77. The predicted molar refractivity (Wildman–Crippen MR) is 109 cm³/mol. The second kappa shape index (κ2) is 8.49. The first kappa shape index (κ1) is 20.6. The normalized spacial score (nSPS) is 20.6. The summed E-state index contributed by atoms with van der Waals surface area (Å²) >= 11 is 0. The number of hydrogen-bond donors (Lipinski definition) is 0. The molecule has 1 aliphatic rings. The summed E-state index contributed by atoms with van der Waals surface area (Å²) in [7, 11) is 2.54. The molecule has 0 amide bonds. The van der Waals surface area contributed by atoms with Crippen LogP contribution in [0.15, 0.2) is 67.3 Å². The van der Waals surface area contributed by atoms with Crippen LogP contribution in [0.3, 0.4) is 0 Å². The first-order valence-corrected chi connectivity index (χ1v) is 9.35. The van der Waals surface area contributed by atoms with E-state index in [4.69, 9.17) is 14.3 Å². The number of aryl methyl sites for hydroxylation is 1. The van der Waals surface area contributed by atoms with Crippen molar-refractivity contribution in [2.24, 2.45) is 5.41 Å². The van der Waals surface area contributed by atoms with Crippen molar-refractivity contribution >= 4 is 17.6 Å². The lowest BCUT2D eigenvalue weighted by Gasteiger charge is -2.48. The molecule has 0 spiro atoms. The van der Waals surface area contributed by atoms with Gasteiger partial charge in [-0.1, -0.05) is 54.1 Å². The fraction of sp³-hybridized carbons (Fsp3) is 0.304. The molecular formula is C23H25NO5. The van der Waals surface area contributed by atoms with E-state index < -0.39 is 29.5 Å². The Kier molecular flexibility index (Phi) is 6.03. The van der Waals surface area contributed by atoms with Gasteiger partial charge in [-0.25, -0.2) is 5.06 Å². The van der Waals surface area contributed by atoms with E-state index >= 15 is 0 Å². The van der Waals surface area contributed by atoms with E-state index in [0.29, 0.717) is 5.69 Å². The number of benzene rings is 2. The van der Waals surface area contributed by atoms with E-state index in [2.05, 4.69) is 6.58 Å². The smallest absolute Gasteiger partial charge is 0.325 e. The van der Waals surface area contributed by atoms with Crippen LogP contribution in [0, 0.1) is 12.3 Å². The molecule has 3 rings (SSSR count). The minimum Gasteiger partial charge on any atom is -0.468 e. The molecule has 1 saturated heterocycles. The second-order valence-corrected chi connectivity index (χ2v) is 7.01. The number of hydrogen-bond acceptors (Lipinski definition) is 6. The molecule has 0 bridgehead atoms. The van der Waals surface area contributed by atoms with Crippen LogP contribution in [0.5, 0.6) is 0 Å². The minimum atomic E-state index is -1.63. The average molecular weight is 395 g/mol. The van der Waals surface area contributed by atoms with Crippen LogP contribution in [0.2, 0.25) is 0 Å². The molecule has 2 atom stereocenters. The Morgan fingerprint density at radius 3 is 2.17 bits per heavy atom. The van der Waals surface area contributed by atoms with Gasteiger partial charge in [-0.2, -0.15) is 0 Å². The zero-order valence-corrected chi connectivity index (χ0v) is 16.8. The zero-order valence-electron chi connectivity index (χ0n) is 16.8. The Morgan fingerprint density at radius 1 is 1.07 bits per heavy atom. The number of anilines is 1. The van der Waals surface area contributed by atoms with Crippen molar-refractivity contribution in [3.63, 3.8) is 0 Å². The molecule has 29 heavy (non-hydrogen) atoms. The summed E-state index contributed by atoms with van der Waals surface area (Å²) in [4.78, 5) is 32.4. The molecule has 1 fully saturated rings. The Labute approximate surface area is 170 Å². The number of ether oxygens (including phenoxy) is 2. The van der Waals surface area contributed by atoms with Crippen LogP contribution in [-0.4, -0.2) is 32.3 Å². The van der Waals surface area contributed by atoms with Crippen molar-refractivity contribution in [3.8, 4) is 0 Å². The second-order valence-electron chi connectivity index (χ2n) is 7.01. The molecule has 0 aliphatic carbocycles. The van der Waals surface area contributed by atoms with Gasteiger partial charge in [0, 0.05) is 6.42 Å². The summed E-state index contributed by atoms with van der Waals surface area (Å²) < 4.78 is 10.2. The van der Waals surface area contributed by atoms with Crippen molar-refractivity contribution in [2.45, 2.75) is 25.5 Å². The SMILES string of the molecule is C=C[C@H]1CC(C(=O)OC)(C(=O)OC)[C@@H](c2ccccc2)N(c2ccc(C)cc2)O1. The zero-order chi connectivity index (χ0) is 21.0. The lowest BCUT2D eigenvalue weighted by molar-refractivity contribution is -0.183. The van der Waals surface area contributed by atoms with Crippen LogP contribution < -0.4 is 5.06 Å². The first-order chi connectivity index (χ1) is 14.0. The third-order valence-corrected chi connectivity index (χ3v) is 5.24. The van der Waals surface area contributed by atoms with E-state index in [1.165, 1.54) is 14.2 Å². The van der Waals surface area contributed by atoms with Crippen molar-refractivity contribution in [1.82, 2.24) is 0 Å². The van der Waals surface area contributed by atoms with E-state index in [0.717, 1.165) is 11.1 Å². The predicted octanol–water partition coefficient (Wildman–Crippen LogP) is 3.77. The standard InChI is InChI=1S/C23H25NO5/c1-5-19-15-23(21(25)27-3,22(26)28-4)20(17-9-7-6-8-10-17)24(29-19)18-13-11-16(2)12-14-18/h5-14,19-20H,1,15H2,2-4H3/t19-,20+/m0/s1. The van der Waals surface area contributed by atoms with Gasteiger partial charge in [0.05, 0.1) is 19.9 Å². The van der Waals surface area contributed by atoms with Crippen molar-refractivity contribution < 1.29 is 23.9 Å². The molecule has 2 aromatic rings. The minimum absolute atomic E-state index is 0.0533. The Balaban J connectivity index is 2.27. The maximum absolute atomic E-state index is 13.1. The number of rotatable bonds is 5. The van der Waals surface area contributed by atoms with Gasteiger partial charge in [0.2, 0.25) is 0 Å². The number of methoxy groups -OCH3 is 2. The Morgan fingerprint density at radius 2 is 1.66 bits per heavy atom. The molecule has 2 aromatic carbocycles. The molecule has 0 radical (unpaired) electrons. The monoisotopic (exact) mass is 395 g/mol. The molecule has 0 N–H and O–H groups in total. The molecule has 0 saturated carbocycles. The third-order valence-electron chi connectivity index (χ3n) is 5.24. The number of nitrogens with zero attached hydrogens (tertiary/aromatic N) is 1. The van der Waals surface area contributed by atoms with Gasteiger partial charge in [0.15, 0.2) is 5.41 Å². The van der Waals surface area contributed by atoms with Gasteiger partial charge in [-0.05, 0) is 24.6 Å². The fourth-order valence-electron chi connectivity index (χ4n) is 3.79. The van der Waals surface area contributed by atoms with Crippen molar-refractivity contribution in [2.75, 3.05) is 19.3 Å². The number of carbonyl (C=O) groups is 2. The van der Waals surface area contributed by atoms with Crippen molar-refractivity contribution in [3.05, 3.63) is 78.4 Å². The quantitative estimate of drug-likeness (QED) is 0.436. The number of esters is 2. The molecule has 152 valence electrons. The largest absolute Gasteiger partial charge is 0.468 e. The molecule has 0 unspecified atom stereocenters. The Hall–Kier alpha value is -3.12. The highest BCUT2D eigenvalue weighted by Crippen LogP contribution is 2.50. The van der Waals surface area contributed by atoms with E-state index in [1.807, 2.05) is 61.5 Å². The molecule has 6 heteroatoms. The summed E-state index contributed by atoms with van der Waals surface area (Å²) in [6.07, 6.45) is 1.04. The maximum Gasteiger partial charge on any atom is 0.325 e. The van der Waals surface area contributed by atoms with Gasteiger partial charge in [-0.3, -0.25) is 14.4 Å². The molecular weight excluding hydrogens is 370 g/mol. The summed E-state index contributed by atoms with van der Waals surface area (Å²) in [5, 5.41) is 1.60. The highest BCUT2D eigenvalue weighted by atomic mass is 16.7. The van der Waals surface area contributed by atoms with Gasteiger partial charge >= 0.3 is 11.9 Å². The third kappa shape index (κ3) is 3.63. The van der Waals surface area contributed by atoms with Crippen LogP contribution in [0.1, 0.15) is 23.6 Å². The summed E-state index contributed by atoms with van der Waals surface area (Å²) in [6, 6.07) is 16.1. The molecule has 1 heterocycles. The van der Waals surface area contributed by atoms with Crippen LogP contribution in [-0.2, 0) is 23.9 Å². The van der Waals surface area contributed by atoms with E-state index in [-0.39, 0.29) is 6.42 Å². The molecule has 0 aromatic heterocycles. The maximum atomic E-state index is 13.1. The molecule has 6 nitrogen and oxygen atoms in total. The number of hydroxylamine groups is 1. The van der Waals surface area contributed by atoms with Crippen molar-refractivity contribution in [1.29, 1.82) is 0 Å². The highest BCUT2D eigenvalue weighted by Gasteiger charge is 2.61.